The molecule has 3 heteroatoms. The summed E-state index contributed by atoms with van der Waals surface area (Å²) in [6.07, 6.45) is 1.88. The maximum atomic E-state index is 6.32. The number of benzene rings is 1. The van der Waals surface area contributed by atoms with Gasteiger partial charge in [0.25, 0.3) is 0 Å². The molecule has 0 saturated heterocycles. The molecule has 0 aliphatic heterocycles. The van der Waals surface area contributed by atoms with Gasteiger partial charge in [0.15, 0.2) is 0 Å². The third kappa shape index (κ3) is 3.48. The Morgan fingerprint density at radius 1 is 1.41 bits per heavy atom. The molecular formula is C14H21ClN2. The predicted molar refractivity (Wildman–Crippen MR) is 76.7 cm³/mol. The first-order valence-electron chi connectivity index (χ1n) is 5.90. The Morgan fingerprint density at radius 2 is 2.06 bits per heavy atom. The third-order valence-corrected chi connectivity index (χ3v) is 3.06. The lowest BCUT2D eigenvalue weighted by Gasteiger charge is -2.29. The second-order valence-electron chi connectivity index (χ2n) is 4.53. The van der Waals surface area contributed by atoms with E-state index in [0.29, 0.717) is 6.04 Å². The summed E-state index contributed by atoms with van der Waals surface area (Å²) in [5, 5.41) is 0.746. The standard InChI is InChI=1S/C14H21ClN2/c1-5-8-17(10(2)3)14-7-6-12(11(4)16)9-13(14)15/h5-7,9-11H,1,8,16H2,2-4H3. The van der Waals surface area contributed by atoms with Crippen LogP contribution in [0.15, 0.2) is 30.9 Å². The second kappa shape index (κ2) is 6.08. The van der Waals surface area contributed by atoms with E-state index in [1.807, 2.05) is 31.2 Å². The first-order valence-corrected chi connectivity index (χ1v) is 6.27. The molecule has 0 aliphatic rings. The molecule has 1 atom stereocenters. The monoisotopic (exact) mass is 252 g/mol. The fraction of sp³-hybridized carbons (Fsp3) is 0.429. The average molecular weight is 253 g/mol. The summed E-state index contributed by atoms with van der Waals surface area (Å²) in [6.45, 7) is 10.8. The highest BCUT2D eigenvalue weighted by Crippen LogP contribution is 2.29. The zero-order valence-corrected chi connectivity index (χ0v) is 11.5. The number of rotatable bonds is 5. The van der Waals surface area contributed by atoms with Gasteiger partial charge in [0, 0.05) is 18.6 Å². The van der Waals surface area contributed by atoms with E-state index in [-0.39, 0.29) is 6.04 Å². The number of nitrogens with two attached hydrogens (primary N) is 1. The quantitative estimate of drug-likeness (QED) is 0.809. The normalized spacial score (nSPS) is 12.6. The molecule has 17 heavy (non-hydrogen) atoms. The van der Waals surface area contributed by atoms with Crippen LogP contribution in [-0.4, -0.2) is 12.6 Å². The molecule has 1 rings (SSSR count). The van der Waals surface area contributed by atoms with Crippen LogP contribution in [0.4, 0.5) is 5.69 Å². The highest BCUT2D eigenvalue weighted by molar-refractivity contribution is 6.33. The van der Waals surface area contributed by atoms with E-state index in [2.05, 4.69) is 25.3 Å². The molecule has 0 radical (unpaired) electrons. The second-order valence-corrected chi connectivity index (χ2v) is 4.94. The summed E-state index contributed by atoms with van der Waals surface area (Å²) in [7, 11) is 0. The molecular weight excluding hydrogens is 232 g/mol. The smallest absolute Gasteiger partial charge is 0.0643 e. The Hall–Kier alpha value is -0.990. The van der Waals surface area contributed by atoms with E-state index < -0.39 is 0 Å². The Balaban J connectivity index is 3.08. The molecule has 1 unspecified atom stereocenters. The number of hydrogen-bond donors (Lipinski definition) is 1. The van der Waals surface area contributed by atoms with E-state index in [1.165, 1.54) is 0 Å². The van der Waals surface area contributed by atoms with E-state index in [0.717, 1.165) is 22.8 Å². The number of nitrogens with zero attached hydrogens (tertiary/aromatic N) is 1. The lowest BCUT2D eigenvalue weighted by atomic mass is 10.1. The first kappa shape index (κ1) is 14.1. The van der Waals surface area contributed by atoms with Gasteiger partial charge >= 0.3 is 0 Å². The van der Waals surface area contributed by atoms with Crippen LogP contribution in [0.5, 0.6) is 0 Å². The molecule has 0 aromatic heterocycles. The molecule has 0 saturated carbocycles. The SMILES string of the molecule is C=CCN(c1ccc(C(C)N)cc1Cl)C(C)C. The van der Waals surface area contributed by atoms with Gasteiger partial charge < -0.3 is 10.6 Å². The summed E-state index contributed by atoms with van der Waals surface area (Å²) < 4.78 is 0. The van der Waals surface area contributed by atoms with Crippen LogP contribution in [0.25, 0.3) is 0 Å². The van der Waals surface area contributed by atoms with Gasteiger partial charge in [-0.05, 0) is 38.5 Å². The molecule has 1 aromatic rings. The van der Waals surface area contributed by atoms with Crippen LogP contribution in [0.2, 0.25) is 5.02 Å². The van der Waals surface area contributed by atoms with E-state index in [1.54, 1.807) is 0 Å². The molecule has 0 fully saturated rings. The van der Waals surface area contributed by atoms with Crippen LogP contribution in [0.3, 0.4) is 0 Å². The Bertz CT molecular complexity index is 386. The predicted octanol–water partition coefficient (Wildman–Crippen LogP) is 3.76. The van der Waals surface area contributed by atoms with E-state index >= 15 is 0 Å². The maximum Gasteiger partial charge on any atom is 0.0643 e. The summed E-state index contributed by atoms with van der Waals surface area (Å²) in [5.74, 6) is 0. The molecule has 0 bridgehead atoms. The molecule has 0 aliphatic carbocycles. The van der Waals surface area contributed by atoms with Crippen molar-refractivity contribution in [2.75, 3.05) is 11.4 Å². The van der Waals surface area contributed by atoms with Crippen molar-refractivity contribution >= 4 is 17.3 Å². The zero-order valence-electron chi connectivity index (χ0n) is 10.8. The molecule has 94 valence electrons. The lowest BCUT2D eigenvalue weighted by Crippen LogP contribution is -2.31. The Labute approximate surface area is 109 Å². The van der Waals surface area contributed by atoms with Crippen LogP contribution in [0.1, 0.15) is 32.4 Å². The molecule has 1 aromatic carbocycles. The van der Waals surface area contributed by atoms with Crippen molar-refractivity contribution in [2.45, 2.75) is 32.9 Å². The van der Waals surface area contributed by atoms with Gasteiger partial charge in [0.05, 0.1) is 10.7 Å². The summed E-state index contributed by atoms with van der Waals surface area (Å²) >= 11 is 6.32. The molecule has 0 amide bonds. The van der Waals surface area contributed by atoms with Gasteiger partial charge in [-0.25, -0.2) is 0 Å². The topological polar surface area (TPSA) is 29.3 Å². The van der Waals surface area contributed by atoms with E-state index in [4.69, 9.17) is 17.3 Å². The van der Waals surface area contributed by atoms with Gasteiger partial charge in [-0.1, -0.05) is 23.7 Å². The van der Waals surface area contributed by atoms with Crippen LogP contribution in [0, 0.1) is 0 Å². The summed E-state index contributed by atoms with van der Waals surface area (Å²) in [5.41, 5.74) is 7.93. The number of hydrogen-bond acceptors (Lipinski definition) is 2. The fourth-order valence-corrected chi connectivity index (χ4v) is 2.06. The van der Waals surface area contributed by atoms with Gasteiger partial charge in [0.2, 0.25) is 0 Å². The molecule has 2 nitrogen and oxygen atoms in total. The van der Waals surface area contributed by atoms with Gasteiger partial charge in [-0.15, -0.1) is 6.58 Å². The Morgan fingerprint density at radius 3 is 2.47 bits per heavy atom. The largest absolute Gasteiger partial charge is 0.364 e. The highest BCUT2D eigenvalue weighted by Gasteiger charge is 2.13. The van der Waals surface area contributed by atoms with Crippen molar-refractivity contribution in [3.8, 4) is 0 Å². The van der Waals surface area contributed by atoms with Gasteiger partial charge in [0.1, 0.15) is 0 Å². The highest BCUT2D eigenvalue weighted by atomic mass is 35.5. The average Bonchev–Trinajstić information content (AvgIpc) is 2.26. The zero-order chi connectivity index (χ0) is 13.0. The first-order chi connectivity index (χ1) is 7.97. The molecule has 2 N–H and O–H groups in total. The van der Waals surface area contributed by atoms with Crippen LogP contribution < -0.4 is 10.6 Å². The third-order valence-electron chi connectivity index (χ3n) is 2.76. The van der Waals surface area contributed by atoms with Crippen molar-refractivity contribution in [3.63, 3.8) is 0 Å². The maximum absolute atomic E-state index is 6.32. The minimum atomic E-state index is 0.00783. The molecule has 0 spiro atoms. The minimum Gasteiger partial charge on any atom is -0.364 e. The number of halogens is 1. The Kier molecular flexibility index (Phi) is 5.03. The van der Waals surface area contributed by atoms with Crippen molar-refractivity contribution in [1.82, 2.24) is 0 Å². The van der Waals surface area contributed by atoms with Crippen molar-refractivity contribution in [2.24, 2.45) is 5.73 Å². The van der Waals surface area contributed by atoms with E-state index in [9.17, 15) is 0 Å². The van der Waals surface area contributed by atoms with Gasteiger partial charge in [-0.2, -0.15) is 0 Å². The fourth-order valence-electron chi connectivity index (χ4n) is 1.77. The minimum absolute atomic E-state index is 0.00783. The van der Waals surface area contributed by atoms with Crippen molar-refractivity contribution < 1.29 is 0 Å². The van der Waals surface area contributed by atoms with Crippen LogP contribution in [-0.2, 0) is 0 Å². The molecule has 0 heterocycles. The van der Waals surface area contributed by atoms with Crippen molar-refractivity contribution in [3.05, 3.63) is 41.4 Å². The van der Waals surface area contributed by atoms with Gasteiger partial charge in [-0.3, -0.25) is 0 Å². The number of anilines is 1. The summed E-state index contributed by atoms with van der Waals surface area (Å²) in [6, 6.07) is 6.40. The lowest BCUT2D eigenvalue weighted by molar-refractivity contribution is 0.722. The summed E-state index contributed by atoms with van der Waals surface area (Å²) in [4.78, 5) is 2.21. The van der Waals surface area contributed by atoms with Crippen molar-refractivity contribution in [1.29, 1.82) is 0 Å². The van der Waals surface area contributed by atoms with Crippen LogP contribution >= 0.6 is 11.6 Å².